The molecule has 1 heterocycles. The van der Waals surface area contributed by atoms with E-state index in [1.54, 1.807) is 12.1 Å². The number of sulfonamides is 1. The summed E-state index contributed by atoms with van der Waals surface area (Å²) in [5.74, 6) is 0.424. The van der Waals surface area contributed by atoms with Gasteiger partial charge in [-0.15, -0.1) is 0 Å². The highest BCUT2D eigenvalue weighted by Gasteiger charge is 2.15. The van der Waals surface area contributed by atoms with E-state index in [-0.39, 0.29) is 18.0 Å². The summed E-state index contributed by atoms with van der Waals surface area (Å²) < 4.78 is 31.2. The number of aromatic nitrogens is 1. The zero-order valence-electron chi connectivity index (χ0n) is 9.84. The topological polar surface area (TPSA) is 98.2 Å². The van der Waals surface area contributed by atoms with E-state index in [2.05, 4.69) is 9.88 Å². The molecule has 0 fully saturated rings. The van der Waals surface area contributed by atoms with E-state index < -0.39 is 10.0 Å². The fourth-order valence-electron chi connectivity index (χ4n) is 1.44. The minimum atomic E-state index is -3.65. The first kappa shape index (κ1) is 14.0. The fraction of sp³-hybridized carbons (Fsp3) is 0.182. The van der Waals surface area contributed by atoms with Gasteiger partial charge in [-0.1, -0.05) is 22.8 Å². The van der Waals surface area contributed by atoms with Gasteiger partial charge in [0.15, 0.2) is 5.76 Å². The summed E-state index contributed by atoms with van der Waals surface area (Å²) in [6.45, 7) is 0.281. The molecule has 19 heavy (non-hydrogen) atoms. The van der Waals surface area contributed by atoms with Crippen LogP contribution < -0.4 is 10.5 Å². The van der Waals surface area contributed by atoms with E-state index in [4.69, 9.17) is 21.9 Å². The van der Waals surface area contributed by atoms with Crippen molar-refractivity contribution in [2.45, 2.75) is 18.0 Å². The second kappa shape index (κ2) is 5.70. The van der Waals surface area contributed by atoms with Crippen molar-refractivity contribution in [3.63, 3.8) is 0 Å². The molecule has 1 aromatic heterocycles. The molecule has 1 aromatic carbocycles. The molecule has 0 saturated heterocycles. The third-order valence-electron chi connectivity index (χ3n) is 2.48. The zero-order chi connectivity index (χ0) is 13.9. The van der Waals surface area contributed by atoms with Crippen LogP contribution in [0.2, 0.25) is 5.02 Å². The van der Waals surface area contributed by atoms with Gasteiger partial charge >= 0.3 is 0 Å². The number of hydrogen-bond donors (Lipinski definition) is 2. The Morgan fingerprint density at radius 1 is 1.37 bits per heavy atom. The lowest BCUT2D eigenvalue weighted by atomic mass is 10.2. The van der Waals surface area contributed by atoms with Gasteiger partial charge in [-0.05, 0) is 17.7 Å². The molecule has 0 radical (unpaired) electrons. The summed E-state index contributed by atoms with van der Waals surface area (Å²) in [5.41, 5.74) is 6.15. The van der Waals surface area contributed by atoms with Gasteiger partial charge in [-0.2, -0.15) is 0 Å². The number of benzene rings is 1. The Balaban J connectivity index is 2.17. The summed E-state index contributed by atoms with van der Waals surface area (Å²) >= 11 is 5.93. The Labute approximate surface area is 115 Å². The van der Waals surface area contributed by atoms with Crippen molar-refractivity contribution >= 4 is 21.6 Å². The first-order valence-corrected chi connectivity index (χ1v) is 7.27. The quantitative estimate of drug-likeness (QED) is 0.866. The number of nitrogens with zero attached hydrogens (tertiary/aromatic N) is 1. The second-order valence-corrected chi connectivity index (χ2v) is 5.93. The molecule has 2 rings (SSSR count). The van der Waals surface area contributed by atoms with Crippen LogP contribution in [0, 0.1) is 0 Å². The van der Waals surface area contributed by atoms with Crippen molar-refractivity contribution in [2.24, 2.45) is 5.73 Å². The summed E-state index contributed by atoms with van der Waals surface area (Å²) in [6.07, 6.45) is 1.44. The molecule has 3 N–H and O–H groups in total. The maximum atomic E-state index is 12.0. The van der Waals surface area contributed by atoms with Gasteiger partial charge in [0.1, 0.15) is 0 Å². The van der Waals surface area contributed by atoms with Crippen LogP contribution in [0.3, 0.4) is 0 Å². The summed E-state index contributed by atoms with van der Waals surface area (Å²) in [7, 11) is -3.65. The standard InChI is InChI=1S/C11H12ClN3O3S/c12-11-5-10(2-1-8(11)6-13)19(16,17)15-7-9-3-4-14-18-9/h1-5,15H,6-7,13H2. The molecule has 0 spiro atoms. The summed E-state index contributed by atoms with van der Waals surface area (Å²) in [4.78, 5) is 0.0780. The van der Waals surface area contributed by atoms with Gasteiger partial charge in [-0.3, -0.25) is 0 Å². The maximum Gasteiger partial charge on any atom is 0.241 e. The molecule has 0 aliphatic carbocycles. The van der Waals surface area contributed by atoms with Gasteiger partial charge in [-0.25, -0.2) is 13.1 Å². The van der Waals surface area contributed by atoms with E-state index in [1.807, 2.05) is 0 Å². The molecule has 0 saturated carbocycles. The average Bonchev–Trinajstić information content (AvgIpc) is 2.89. The van der Waals surface area contributed by atoms with Crippen molar-refractivity contribution in [3.05, 3.63) is 46.8 Å². The molecule has 0 unspecified atom stereocenters. The number of nitrogens with two attached hydrogens (primary N) is 1. The SMILES string of the molecule is NCc1ccc(S(=O)(=O)NCc2ccno2)cc1Cl. The molecular weight excluding hydrogens is 290 g/mol. The smallest absolute Gasteiger partial charge is 0.241 e. The fourth-order valence-corrected chi connectivity index (χ4v) is 2.79. The Morgan fingerprint density at radius 3 is 2.74 bits per heavy atom. The van der Waals surface area contributed by atoms with Crippen LogP contribution >= 0.6 is 11.6 Å². The van der Waals surface area contributed by atoms with Crippen LogP contribution in [0.1, 0.15) is 11.3 Å². The summed E-state index contributed by atoms with van der Waals surface area (Å²) in [5, 5.41) is 3.81. The van der Waals surface area contributed by atoms with Crippen molar-refractivity contribution in [3.8, 4) is 0 Å². The molecule has 0 bridgehead atoms. The van der Waals surface area contributed by atoms with Gasteiger partial charge in [0.05, 0.1) is 17.6 Å². The van der Waals surface area contributed by atoms with Crippen LogP contribution in [0.5, 0.6) is 0 Å². The minimum absolute atomic E-state index is 0.0264. The van der Waals surface area contributed by atoms with E-state index in [9.17, 15) is 8.42 Å². The van der Waals surface area contributed by atoms with E-state index in [0.29, 0.717) is 16.3 Å². The first-order chi connectivity index (χ1) is 9.03. The Morgan fingerprint density at radius 2 is 2.16 bits per heavy atom. The lowest BCUT2D eigenvalue weighted by molar-refractivity contribution is 0.380. The van der Waals surface area contributed by atoms with E-state index in [1.165, 1.54) is 18.3 Å². The van der Waals surface area contributed by atoms with E-state index >= 15 is 0 Å². The van der Waals surface area contributed by atoms with Crippen molar-refractivity contribution < 1.29 is 12.9 Å². The van der Waals surface area contributed by atoms with Crippen LogP contribution in [0.15, 0.2) is 39.9 Å². The highest BCUT2D eigenvalue weighted by Crippen LogP contribution is 2.20. The minimum Gasteiger partial charge on any atom is -0.360 e. The van der Waals surface area contributed by atoms with Gasteiger partial charge in [0.25, 0.3) is 0 Å². The Hall–Kier alpha value is -1.41. The van der Waals surface area contributed by atoms with Crippen molar-refractivity contribution in [1.29, 1.82) is 0 Å². The Kier molecular flexibility index (Phi) is 4.20. The highest BCUT2D eigenvalue weighted by atomic mass is 35.5. The average molecular weight is 302 g/mol. The normalized spacial score (nSPS) is 11.7. The molecule has 0 atom stereocenters. The zero-order valence-corrected chi connectivity index (χ0v) is 11.4. The van der Waals surface area contributed by atoms with Crippen LogP contribution in [0.25, 0.3) is 0 Å². The molecule has 0 aliphatic rings. The lowest BCUT2D eigenvalue weighted by Gasteiger charge is -2.07. The monoisotopic (exact) mass is 301 g/mol. The maximum absolute atomic E-state index is 12.0. The lowest BCUT2D eigenvalue weighted by Crippen LogP contribution is -2.23. The molecule has 102 valence electrons. The summed E-state index contributed by atoms with van der Waals surface area (Å²) in [6, 6.07) is 5.99. The third-order valence-corrected chi connectivity index (χ3v) is 4.23. The van der Waals surface area contributed by atoms with Crippen molar-refractivity contribution in [2.75, 3.05) is 0 Å². The van der Waals surface area contributed by atoms with Gasteiger partial charge in [0, 0.05) is 17.6 Å². The number of nitrogens with one attached hydrogen (secondary N) is 1. The van der Waals surface area contributed by atoms with Gasteiger partial charge < -0.3 is 10.3 Å². The predicted molar refractivity (Wildman–Crippen MR) is 69.9 cm³/mol. The van der Waals surface area contributed by atoms with Gasteiger partial charge in [0.2, 0.25) is 10.0 Å². The van der Waals surface area contributed by atoms with Crippen LogP contribution in [0.4, 0.5) is 0 Å². The number of halogens is 1. The second-order valence-electron chi connectivity index (χ2n) is 3.76. The van der Waals surface area contributed by atoms with E-state index in [0.717, 1.165) is 0 Å². The molecule has 0 amide bonds. The predicted octanol–water partition coefficient (Wildman–Crippen LogP) is 1.27. The Bertz CT molecular complexity index is 656. The third kappa shape index (κ3) is 3.32. The number of rotatable bonds is 5. The highest BCUT2D eigenvalue weighted by molar-refractivity contribution is 7.89. The largest absolute Gasteiger partial charge is 0.360 e. The molecule has 0 aliphatic heterocycles. The molecule has 8 heteroatoms. The van der Waals surface area contributed by atoms with Crippen molar-refractivity contribution in [1.82, 2.24) is 9.88 Å². The molecule has 6 nitrogen and oxygen atoms in total. The number of hydrogen-bond acceptors (Lipinski definition) is 5. The molecule has 2 aromatic rings. The first-order valence-electron chi connectivity index (χ1n) is 5.40. The van der Waals surface area contributed by atoms with Crippen LogP contribution in [-0.4, -0.2) is 13.6 Å². The molecular formula is C11H12ClN3O3S. The van der Waals surface area contributed by atoms with Crippen LogP contribution in [-0.2, 0) is 23.1 Å².